The fourth-order valence-corrected chi connectivity index (χ4v) is 4.72. The first-order valence-electron chi connectivity index (χ1n) is 7.39. The number of benzene rings is 1. The largest absolute Gasteiger partial charge is 0.477 e. The number of hydrogen-bond acceptors (Lipinski definition) is 6. The highest BCUT2D eigenvalue weighted by atomic mass is 32.2. The van der Waals surface area contributed by atoms with E-state index in [1.165, 1.54) is 10.5 Å². The second-order valence-corrected chi connectivity index (χ2v) is 8.46. The summed E-state index contributed by atoms with van der Waals surface area (Å²) in [5, 5.41) is 9.57. The fourth-order valence-electron chi connectivity index (χ4n) is 2.49. The van der Waals surface area contributed by atoms with Crippen LogP contribution in [0.3, 0.4) is 0 Å². The Morgan fingerprint density at radius 2 is 1.79 bits per heavy atom. The molecule has 2 heterocycles. The quantitative estimate of drug-likeness (QED) is 0.884. The molecule has 1 aliphatic rings. The molecule has 0 unspecified atom stereocenters. The van der Waals surface area contributed by atoms with Crippen LogP contribution in [0.1, 0.15) is 15.2 Å². The second-order valence-electron chi connectivity index (χ2n) is 5.52. The zero-order chi connectivity index (χ0) is 17.3. The highest BCUT2D eigenvalue weighted by molar-refractivity contribution is 7.89. The van der Waals surface area contributed by atoms with Crippen LogP contribution in [-0.4, -0.2) is 55.0 Å². The van der Waals surface area contributed by atoms with Gasteiger partial charge >= 0.3 is 5.97 Å². The average Bonchev–Trinajstić information content (AvgIpc) is 3.06. The van der Waals surface area contributed by atoms with Crippen molar-refractivity contribution in [1.82, 2.24) is 9.29 Å². The van der Waals surface area contributed by atoms with Crippen LogP contribution in [0.5, 0.6) is 0 Å². The summed E-state index contributed by atoms with van der Waals surface area (Å²) in [7, 11) is -3.50. The van der Waals surface area contributed by atoms with Crippen LogP contribution in [0.2, 0.25) is 0 Å². The van der Waals surface area contributed by atoms with E-state index in [1.807, 2.05) is 11.8 Å². The molecule has 0 aliphatic carbocycles. The molecule has 0 atom stereocenters. The summed E-state index contributed by atoms with van der Waals surface area (Å²) in [4.78, 5) is 17.4. The van der Waals surface area contributed by atoms with E-state index in [4.69, 9.17) is 5.11 Å². The van der Waals surface area contributed by atoms with Crippen LogP contribution in [-0.2, 0) is 10.0 Å². The highest BCUT2D eigenvalue weighted by Crippen LogP contribution is 2.25. The normalized spacial score (nSPS) is 16.3. The van der Waals surface area contributed by atoms with Gasteiger partial charge in [0.25, 0.3) is 0 Å². The Labute approximate surface area is 144 Å². The summed E-state index contributed by atoms with van der Waals surface area (Å²) < 4.78 is 26.8. The third-order valence-electron chi connectivity index (χ3n) is 3.87. The molecular weight excluding hydrogens is 350 g/mol. The van der Waals surface area contributed by atoms with Gasteiger partial charge in [0.05, 0.1) is 11.1 Å². The molecule has 0 spiro atoms. The highest BCUT2D eigenvalue weighted by Gasteiger charge is 2.29. The van der Waals surface area contributed by atoms with Crippen molar-refractivity contribution >= 4 is 32.5 Å². The first-order chi connectivity index (χ1) is 11.4. The molecular formula is C15H17N3O4S2. The van der Waals surface area contributed by atoms with E-state index in [-0.39, 0.29) is 4.88 Å². The number of piperazine rings is 1. The number of aromatic carboxylic acids is 1. The zero-order valence-electron chi connectivity index (χ0n) is 13.0. The van der Waals surface area contributed by atoms with Gasteiger partial charge in [0.1, 0.15) is 4.88 Å². The van der Waals surface area contributed by atoms with E-state index in [1.54, 1.807) is 24.3 Å². The Kier molecular flexibility index (Phi) is 4.57. The molecule has 1 N–H and O–H groups in total. The minimum Gasteiger partial charge on any atom is -0.477 e. The summed E-state index contributed by atoms with van der Waals surface area (Å²) in [6, 6.07) is 6.81. The number of anilines is 1. The van der Waals surface area contributed by atoms with Crippen LogP contribution in [0.25, 0.3) is 0 Å². The summed E-state index contributed by atoms with van der Waals surface area (Å²) in [5.41, 5.74) is 1.01. The number of carboxylic acid groups (broad SMARTS) is 1. The van der Waals surface area contributed by atoms with Crippen molar-refractivity contribution in [2.45, 2.75) is 11.8 Å². The minimum absolute atomic E-state index is 0.180. The van der Waals surface area contributed by atoms with Gasteiger partial charge < -0.3 is 10.0 Å². The molecule has 1 aliphatic heterocycles. The van der Waals surface area contributed by atoms with E-state index in [2.05, 4.69) is 4.98 Å². The van der Waals surface area contributed by atoms with Crippen molar-refractivity contribution in [3.05, 3.63) is 40.9 Å². The van der Waals surface area contributed by atoms with Crippen LogP contribution in [0.15, 0.2) is 35.4 Å². The number of aryl methyl sites for hydroxylation is 1. The number of hydrogen-bond donors (Lipinski definition) is 1. The molecule has 0 radical (unpaired) electrons. The number of sulfonamides is 1. The zero-order valence-corrected chi connectivity index (χ0v) is 14.7. The fraction of sp³-hybridized carbons (Fsp3) is 0.333. The molecule has 24 heavy (non-hydrogen) atoms. The molecule has 0 bridgehead atoms. The molecule has 1 aromatic carbocycles. The van der Waals surface area contributed by atoms with Crippen LogP contribution in [0.4, 0.5) is 5.13 Å². The van der Waals surface area contributed by atoms with E-state index < -0.39 is 16.0 Å². The molecule has 0 amide bonds. The second kappa shape index (κ2) is 6.50. The van der Waals surface area contributed by atoms with E-state index in [0.29, 0.717) is 36.2 Å². The Balaban J connectivity index is 1.70. The Morgan fingerprint density at radius 3 is 2.33 bits per heavy atom. The van der Waals surface area contributed by atoms with Gasteiger partial charge in [-0.05, 0) is 19.1 Å². The van der Waals surface area contributed by atoms with Gasteiger partial charge in [-0.3, -0.25) is 0 Å². The van der Waals surface area contributed by atoms with Crippen LogP contribution in [0, 0.1) is 6.92 Å². The van der Waals surface area contributed by atoms with Gasteiger partial charge in [-0.2, -0.15) is 4.31 Å². The van der Waals surface area contributed by atoms with Crippen molar-refractivity contribution in [3.8, 4) is 0 Å². The van der Waals surface area contributed by atoms with Gasteiger partial charge in [0.15, 0.2) is 5.13 Å². The van der Waals surface area contributed by atoms with E-state index >= 15 is 0 Å². The summed E-state index contributed by atoms with van der Waals surface area (Å²) >= 11 is 1.10. The number of aromatic nitrogens is 1. The maximum absolute atomic E-state index is 12.7. The topological polar surface area (TPSA) is 90.8 Å². The Morgan fingerprint density at radius 1 is 1.17 bits per heavy atom. The molecule has 0 saturated carbocycles. The SMILES string of the molecule is Cc1ccc(S(=O)(=O)N2CCN(c3ncc(C(=O)O)s3)CC2)cc1. The van der Waals surface area contributed by atoms with Gasteiger partial charge in [-0.15, -0.1) is 0 Å². The third-order valence-corrected chi connectivity index (χ3v) is 6.83. The van der Waals surface area contributed by atoms with E-state index in [9.17, 15) is 13.2 Å². The van der Waals surface area contributed by atoms with Gasteiger partial charge in [-0.25, -0.2) is 18.2 Å². The Hall–Kier alpha value is -1.97. The summed E-state index contributed by atoms with van der Waals surface area (Å²) in [6.45, 7) is 3.57. The Bertz CT molecular complexity index is 838. The number of carbonyl (C=O) groups is 1. The lowest BCUT2D eigenvalue weighted by molar-refractivity contribution is 0.0702. The number of thiazole rings is 1. The first-order valence-corrected chi connectivity index (χ1v) is 9.64. The maximum atomic E-state index is 12.7. The van der Waals surface area contributed by atoms with Crippen LogP contribution >= 0.6 is 11.3 Å². The number of rotatable bonds is 4. The lowest BCUT2D eigenvalue weighted by Gasteiger charge is -2.33. The monoisotopic (exact) mass is 367 g/mol. The molecule has 1 aromatic heterocycles. The standard InChI is InChI=1S/C15H17N3O4S2/c1-11-2-4-12(5-3-11)24(21,22)18-8-6-17(7-9-18)15-16-10-13(23-15)14(19)20/h2-5,10H,6-9H2,1H3,(H,19,20). The van der Waals surface area contributed by atoms with Crippen molar-refractivity contribution in [2.75, 3.05) is 31.1 Å². The summed E-state index contributed by atoms with van der Waals surface area (Å²) in [6.07, 6.45) is 1.33. The number of carboxylic acids is 1. The molecule has 1 fully saturated rings. The predicted molar refractivity (Wildman–Crippen MR) is 91.2 cm³/mol. The number of nitrogens with zero attached hydrogens (tertiary/aromatic N) is 3. The molecule has 2 aromatic rings. The molecule has 7 nitrogen and oxygen atoms in total. The van der Waals surface area contributed by atoms with Crippen LogP contribution < -0.4 is 4.90 Å². The molecule has 1 saturated heterocycles. The maximum Gasteiger partial charge on any atom is 0.347 e. The van der Waals surface area contributed by atoms with Crippen molar-refractivity contribution < 1.29 is 18.3 Å². The van der Waals surface area contributed by atoms with E-state index in [0.717, 1.165) is 16.9 Å². The van der Waals surface area contributed by atoms with Gasteiger partial charge in [0.2, 0.25) is 10.0 Å². The lowest BCUT2D eigenvalue weighted by Crippen LogP contribution is -2.48. The third kappa shape index (κ3) is 3.28. The molecule has 128 valence electrons. The van der Waals surface area contributed by atoms with Crippen molar-refractivity contribution in [2.24, 2.45) is 0 Å². The predicted octanol–water partition coefficient (Wildman–Crippen LogP) is 1.66. The average molecular weight is 367 g/mol. The minimum atomic E-state index is -3.50. The molecule has 9 heteroatoms. The van der Waals surface area contributed by atoms with Crippen molar-refractivity contribution in [3.63, 3.8) is 0 Å². The van der Waals surface area contributed by atoms with Gasteiger partial charge in [0, 0.05) is 26.2 Å². The first kappa shape index (κ1) is 16.9. The smallest absolute Gasteiger partial charge is 0.347 e. The molecule has 3 rings (SSSR count). The lowest BCUT2D eigenvalue weighted by atomic mass is 10.2. The van der Waals surface area contributed by atoms with Crippen molar-refractivity contribution in [1.29, 1.82) is 0 Å². The summed E-state index contributed by atoms with van der Waals surface area (Å²) in [5.74, 6) is -1.00. The van der Waals surface area contributed by atoms with Gasteiger partial charge in [-0.1, -0.05) is 29.0 Å².